The van der Waals surface area contributed by atoms with Gasteiger partial charge in [0.1, 0.15) is 0 Å². The van der Waals surface area contributed by atoms with E-state index in [0.717, 1.165) is 4.88 Å². The van der Waals surface area contributed by atoms with E-state index >= 15 is 0 Å². The average molecular weight is 385 g/mol. The van der Waals surface area contributed by atoms with E-state index in [0.29, 0.717) is 31.0 Å². The Morgan fingerprint density at radius 3 is 2.42 bits per heavy atom. The van der Waals surface area contributed by atoms with Gasteiger partial charge in [-0.1, -0.05) is 17.7 Å². The molecule has 1 aliphatic heterocycles. The number of hydrogen-bond donors (Lipinski definition) is 1. The Morgan fingerprint density at radius 1 is 1.17 bits per heavy atom. The normalized spacial score (nSPS) is 16.3. The van der Waals surface area contributed by atoms with Crippen LogP contribution in [0.3, 0.4) is 0 Å². The first kappa shape index (κ1) is 17.4. The third-order valence-corrected chi connectivity index (χ3v) is 6.61. The summed E-state index contributed by atoms with van der Waals surface area (Å²) < 4.78 is 27.5. The third-order valence-electron chi connectivity index (χ3n) is 3.96. The number of piperidine rings is 1. The number of hydrogen-bond acceptors (Lipinski definition) is 4. The van der Waals surface area contributed by atoms with Crippen LogP contribution in [-0.4, -0.2) is 38.4 Å². The second-order valence-electron chi connectivity index (χ2n) is 5.62. The summed E-state index contributed by atoms with van der Waals surface area (Å²) in [4.78, 5) is 15.0. The van der Waals surface area contributed by atoms with Gasteiger partial charge in [0, 0.05) is 24.2 Å². The summed E-state index contributed by atoms with van der Waals surface area (Å²) in [6, 6.07) is 9.57. The van der Waals surface area contributed by atoms with Gasteiger partial charge in [-0.15, -0.1) is 11.3 Å². The monoisotopic (exact) mass is 384 g/mol. The number of sulfonamides is 1. The number of nitrogens with one attached hydrogen (secondary N) is 1. The number of halogens is 1. The molecule has 0 bridgehead atoms. The van der Waals surface area contributed by atoms with Gasteiger partial charge in [0.25, 0.3) is 5.91 Å². The summed E-state index contributed by atoms with van der Waals surface area (Å²) >= 11 is 7.21. The molecular formula is C16H17ClN2O3S2. The predicted molar refractivity (Wildman–Crippen MR) is 95.0 cm³/mol. The second-order valence-corrected chi connectivity index (χ2v) is 8.72. The highest BCUT2D eigenvalue weighted by molar-refractivity contribution is 7.89. The largest absolute Gasteiger partial charge is 0.338 e. The molecule has 1 aromatic heterocycles. The van der Waals surface area contributed by atoms with Crippen LogP contribution in [0.25, 0.3) is 0 Å². The maximum Gasteiger partial charge on any atom is 0.263 e. The molecule has 0 atom stereocenters. The lowest BCUT2D eigenvalue weighted by Gasteiger charge is -2.32. The van der Waals surface area contributed by atoms with Gasteiger partial charge in [-0.05, 0) is 48.6 Å². The molecule has 5 nitrogen and oxygen atoms in total. The van der Waals surface area contributed by atoms with Crippen molar-refractivity contribution in [3.8, 4) is 0 Å². The second kappa shape index (κ2) is 7.23. The highest BCUT2D eigenvalue weighted by Crippen LogP contribution is 2.19. The van der Waals surface area contributed by atoms with Crippen molar-refractivity contribution in [1.82, 2.24) is 9.62 Å². The molecule has 0 unspecified atom stereocenters. The van der Waals surface area contributed by atoms with Crippen molar-refractivity contribution in [2.75, 3.05) is 13.1 Å². The van der Waals surface area contributed by atoms with E-state index in [9.17, 15) is 13.2 Å². The molecule has 24 heavy (non-hydrogen) atoms. The van der Waals surface area contributed by atoms with E-state index in [2.05, 4.69) is 4.72 Å². The molecule has 0 radical (unpaired) electrons. The van der Waals surface area contributed by atoms with Crippen molar-refractivity contribution in [3.63, 3.8) is 0 Å². The van der Waals surface area contributed by atoms with Crippen molar-refractivity contribution in [3.05, 3.63) is 51.7 Å². The lowest BCUT2D eigenvalue weighted by atomic mass is 10.1. The molecule has 1 aliphatic rings. The zero-order valence-corrected chi connectivity index (χ0v) is 15.2. The molecule has 2 aromatic rings. The van der Waals surface area contributed by atoms with Gasteiger partial charge >= 0.3 is 0 Å². The lowest BCUT2D eigenvalue weighted by Crippen LogP contribution is -2.46. The molecule has 1 fully saturated rings. The molecule has 3 rings (SSSR count). The number of rotatable bonds is 4. The molecular weight excluding hydrogens is 368 g/mol. The third kappa shape index (κ3) is 3.97. The van der Waals surface area contributed by atoms with E-state index in [1.807, 2.05) is 17.5 Å². The van der Waals surface area contributed by atoms with Crippen molar-refractivity contribution in [1.29, 1.82) is 0 Å². The van der Waals surface area contributed by atoms with Gasteiger partial charge in [0.05, 0.1) is 9.77 Å². The van der Waals surface area contributed by atoms with Crippen LogP contribution in [0.2, 0.25) is 5.02 Å². The summed E-state index contributed by atoms with van der Waals surface area (Å²) in [6.45, 7) is 1.09. The molecule has 0 spiro atoms. The quantitative estimate of drug-likeness (QED) is 0.881. The molecule has 0 aliphatic carbocycles. The summed E-state index contributed by atoms with van der Waals surface area (Å²) in [5, 5.41) is 2.37. The Balaban J connectivity index is 1.59. The molecule has 1 saturated heterocycles. The summed E-state index contributed by atoms with van der Waals surface area (Å²) in [6.07, 6.45) is 1.20. The van der Waals surface area contributed by atoms with E-state index in [1.54, 1.807) is 17.0 Å². The fraction of sp³-hybridized carbons (Fsp3) is 0.312. The van der Waals surface area contributed by atoms with Crippen molar-refractivity contribution in [2.24, 2.45) is 0 Å². The minimum absolute atomic E-state index is 0.0176. The fourth-order valence-corrected chi connectivity index (χ4v) is 4.78. The summed E-state index contributed by atoms with van der Waals surface area (Å²) in [5.41, 5.74) is 0. The van der Waals surface area contributed by atoms with Crippen LogP contribution in [0.4, 0.5) is 0 Å². The van der Waals surface area contributed by atoms with Gasteiger partial charge in [-0.25, -0.2) is 13.1 Å². The van der Waals surface area contributed by atoms with Crippen LogP contribution in [0.1, 0.15) is 22.5 Å². The number of carbonyl (C=O) groups is 1. The van der Waals surface area contributed by atoms with Crippen LogP contribution < -0.4 is 4.72 Å². The van der Waals surface area contributed by atoms with Crippen LogP contribution >= 0.6 is 22.9 Å². The predicted octanol–water partition coefficient (Wildman–Crippen LogP) is 2.98. The Kier molecular flexibility index (Phi) is 5.24. The van der Waals surface area contributed by atoms with E-state index in [1.165, 1.54) is 23.5 Å². The van der Waals surface area contributed by atoms with Crippen molar-refractivity contribution in [2.45, 2.75) is 23.8 Å². The highest BCUT2D eigenvalue weighted by atomic mass is 35.5. The van der Waals surface area contributed by atoms with E-state index < -0.39 is 10.0 Å². The molecule has 2 heterocycles. The van der Waals surface area contributed by atoms with E-state index in [4.69, 9.17) is 11.6 Å². The molecule has 8 heteroatoms. The maximum absolute atomic E-state index is 12.4. The topological polar surface area (TPSA) is 66.5 Å². The first-order valence-corrected chi connectivity index (χ1v) is 10.3. The van der Waals surface area contributed by atoms with Gasteiger partial charge < -0.3 is 4.90 Å². The number of amides is 1. The van der Waals surface area contributed by atoms with Crippen molar-refractivity contribution >= 4 is 38.9 Å². The molecule has 1 aromatic carbocycles. The van der Waals surface area contributed by atoms with Crippen molar-refractivity contribution < 1.29 is 13.2 Å². The first-order valence-electron chi connectivity index (χ1n) is 7.56. The molecule has 1 N–H and O–H groups in total. The van der Waals surface area contributed by atoms with E-state index in [-0.39, 0.29) is 16.8 Å². The standard InChI is InChI=1S/C16H17ClN2O3S2/c17-12-3-5-14(6-4-12)24(21,22)18-13-7-9-19(10-8-13)16(20)15-2-1-11-23-15/h1-6,11,13,18H,7-10H2. The number of thiophene rings is 1. The first-order chi connectivity index (χ1) is 11.5. The van der Waals surface area contributed by atoms with Crippen LogP contribution in [0.15, 0.2) is 46.7 Å². The van der Waals surface area contributed by atoms with Gasteiger partial charge in [0.2, 0.25) is 10.0 Å². The number of nitrogens with zero attached hydrogens (tertiary/aromatic N) is 1. The van der Waals surface area contributed by atoms with Gasteiger partial charge in [0.15, 0.2) is 0 Å². The number of likely N-dealkylation sites (tertiary alicyclic amines) is 1. The lowest BCUT2D eigenvalue weighted by molar-refractivity contribution is 0.0716. The minimum atomic E-state index is -3.57. The van der Waals surface area contributed by atoms with Gasteiger partial charge in [-0.3, -0.25) is 4.79 Å². The zero-order valence-electron chi connectivity index (χ0n) is 12.8. The number of benzene rings is 1. The smallest absolute Gasteiger partial charge is 0.263 e. The zero-order chi connectivity index (χ0) is 17.2. The SMILES string of the molecule is O=C(c1cccs1)N1CCC(NS(=O)(=O)c2ccc(Cl)cc2)CC1. The van der Waals surface area contributed by atoms with Gasteiger partial charge in [-0.2, -0.15) is 0 Å². The van der Waals surface area contributed by atoms with Crippen LogP contribution in [0.5, 0.6) is 0 Å². The van der Waals surface area contributed by atoms with Crippen LogP contribution in [-0.2, 0) is 10.0 Å². The minimum Gasteiger partial charge on any atom is -0.338 e. The summed E-state index contributed by atoms with van der Waals surface area (Å²) in [7, 11) is -3.57. The summed E-state index contributed by atoms with van der Waals surface area (Å²) in [5.74, 6) is 0.0176. The molecule has 0 saturated carbocycles. The number of carbonyl (C=O) groups excluding carboxylic acids is 1. The maximum atomic E-state index is 12.4. The molecule has 128 valence electrons. The fourth-order valence-electron chi connectivity index (χ4n) is 2.66. The Hall–Kier alpha value is -1.41. The Bertz CT molecular complexity index is 796. The highest BCUT2D eigenvalue weighted by Gasteiger charge is 2.27. The van der Waals surface area contributed by atoms with Crippen LogP contribution in [0, 0.1) is 0 Å². The Morgan fingerprint density at radius 2 is 1.83 bits per heavy atom. The molecule has 1 amide bonds. The Labute approximate surface area is 150 Å². The average Bonchev–Trinajstić information content (AvgIpc) is 3.09.